The molecule has 0 aliphatic rings. The first-order chi connectivity index (χ1) is 19.8. The van der Waals surface area contributed by atoms with Gasteiger partial charge < -0.3 is 0 Å². The van der Waals surface area contributed by atoms with Gasteiger partial charge >= 0.3 is 0 Å². The van der Waals surface area contributed by atoms with Gasteiger partial charge in [0, 0.05) is 27.6 Å². The van der Waals surface area contributed by atoms with E-state index in [0.29, 0.717) is 17.6 Å². The van der Waals surface area contributed by atoms with Gasteiger partial charge in [0.1, 0.15) is 11.8 Å². The maximum atomic E-state index is 5.05. The van der Waals surface area contributed by atoms with Gasteiger partial charge in [0.05, 0.1) is 16.6 Å². The van der Waals surface area contributed by atoms with Gasteiger partial charge in [-0.25, -0.2) is 9.97 Å². The van der Waals surface area contributed by atoms with Crippen LogP contribution in [0.3, 0.4) is 0 Å². The third kappa shape index (κ3) is 3.50. The molecule has 6 nitrogen and oxygen atoms in total. The summed E-state index contributed by atoms with van der Waals surface area (Å²) in [6.07, 6.45) is 1.89. The van der Waals surface area contributed by atoms with Crippen molar-refractivity contribution >= 4 is 32.8 Å². The highest BCUT2D eigenvalue weighted by molar-refractivity contribution is 6.17. The second kappa shape index (κ2) is 8.99. The summed E-state index contributed by atoms with van der Waals surface area (Å²) in [5, 5.41) is 2.22. The van der Waals surface area contributed by atoms with Crippen LogP contribution in [0, 0.1) is 0 Å². The van der Waals surface area contributed by atoms with Crippen molar-refractivity contribution in [3.05, 3.63) is 134 Å². The molecule has 8 rings (SSSR count). The largest absolute Gasteiger partial charge is 0.299 e. The normalized spacial score (nSPS) is 11.5. The van der Waals surface area contributed by atoms with Crippen molar-refractivity contribution in [1.29, 1.82) is 0 Å². The van der Waals surface area contributed by atoms with E-state index in [-0.39, 0.29) is 0 Å². The summed E-state index contributed by atoms with van der Waals surface area (Å²) >= 11 is 0. The maximum Gasteiger partial charge on any atom is 0.238 e. The molecular formula is C34H22N6. The molecule has 5 aromatic carbocycles. The van der Waals surface area contributed by atoms with Gasteiger partial charge in [-0.15, -0.1) is 0 Å². The first-order valence-electron chi connectivity index (χ1n) is 13.2. The van der Waals surface area contributed by atoms with E-state index in [2.05, 4.69) is 57.7 Å². The summed E-state index contributed by atoms with van der Waals surface area (Å²) in [5.41, 5.74) is 6.82. The molecule has 40 heavy (non-hydrogen) atoms. The van der Waals surface area contributed by atoms with Crippen molar-refractivity contribution in [2.24, 2.45) is 0 Å². The first kappa shape index (κ1) is 22.4. The van der Waals surface area contributed by atoms with Crippen LogP contribution in [0.5, 0.6) is 0 Å². The van der Waals surface area contributed by atoms with Crippen LogP contribution in [0.1, 0.15) is 0 Å². The number of nitrogens with zero attached hydrogens (tertiary/aromatic N) is 6. The Bertz CT molecular complexity index is 2090. The van der Waals surface area contributed by atoms with Gasteiger partial charge in [-0.3, -0.25) is 9.13 Å². The van der Waals surface area contributed by atoms with Crippen LogP contribution < -0.4 is 0 Å². The van der Waals surface area contributed by atoms with Gasteiger partial charge in [-0.2, -0.15) is 9.97 Å². The molecule has 0 aliphatic heterocycles. The van der Waals surface area contributed by atoms with E-state index in [1.54, 1.807) is 0 Å². The van der Waals surface area contributed by atoms with Crippen molar-refractivity contribution in [3.8, 4) is 34.4 Å². The summed E-state index contributed by atoms with van der Waals surface area (Å²) in [4.78, 5) is 19.9. The van der Waals surface area contributed by atoms with Gasteiger partial charge in [-0.1, -0.05) is 97.1 Å². The van der Waals surface area contributed by atoms with Gasteiger partial charge in [-0.05, 0) is 30.3 Å². The Morgan fingerprint density at radius 2 is 1.07 bits per heavy atom. The standard InChI is InChI=1S/C34H22N6/c1-4-12-23(13-5-1)32-36-33(24-14-6-2-7-15-24)38-34(37-32)40-28-19-11-10-18-26(28)27-20-21-29-30(31(27)40)35-22-39(29)25-16-8-3-9-17-25/h1-22H. The van der Waals surface area contributed by atoms with Crippen LogP contribution in [0.15, 0.2) is 134 Å². The van der Waals surface area contributed by atoms with Crippen LogP contribution >= 0.6 is 0 Å². The Labute approximate surface area is 229 Å². The predicted molar refractivity (Wildman–Crippen MR) is 160 cm³/mol. The fraction of sp³-hybridized carbons (Fsp3) is 0. The van der Waals surface area contributed by atoms with Crippen LogP contribution in [0.4, 0.5) is 0 Å². The molecular weight excluding hydrogens is 492 g/mol. The molecule has 0 spiro atoms. The number of aromatic nitrogens is 6. The second-order valence-corrected chi connectivity index (χ2v) is 9.65. The molecule has 8 aromatic rings. The van der Waals surface area contributed by atoms with Crippen LogP contribution in [0.25, 0.3) is 67.3 Å². The molecule has 0 atom stereocenters. The molecule has 0 radical (unpaired) electrons. The zero-order valence-electron chi connectivity index (χ0n) is 21.4. The van der Waals surface area contributed by atoms with Crippen LogP contribution in [-0.2, 0) is 0 Å². The van der Waals surface area contributed by atoms with Gasteiger partial charge in [0.2, 0.25) is 5.95 Å². The topological polar surface area (TPSA) is 61.4 Å². The number of hydrogen-bond acceptors (Lipinski definition) is 4. The highest BCUT2D eigenvalue weighted by Gasteiger charge is 2.21. The molecule has 0 N–H and O–H groups in total. The number of hydrogen-bond donors (Lipinski definition) is 0. The van der Waals surface area contributed by atoms with Crippen molar-refractivity contribution in [2.45, 2.75) is 0 Å². The molecule has 0 aliphatic carbocycles. The zero-order chi connectivity index (χ0) is 26.5. The minimum absolute atomic E-state index is 0.556. The van der Waals surface area contributed by atoms with E-state index in [1.165, 1.54) is 0 Å². The van der Waals surface area contributed by atoms with E-state index in [0.717, 1.165) is 49.7 Å². The lowest BCUT2D eigenvalue weighted by Crippen LogP contribution is -2.06. The van der Waals surface area contributed by atoms with E-state index < -0.39 is 0 Å². The minimum Gasteiger partial charge on any atom is -0.299 e. The third-order valence-corrected chi connectivity index (χ3v) is 7.27. The second-order valence-electron chi connectivity index (χ2n) is 9.65. The molecule has 0 amide bonds. The number of fused-ring (bicyclic) bond motifs is 5. The molecule has 3 heterocycles. The Balaban J connectivity index is 1.48. The highest BCUT2D eigenvalue weighted by atomic mass is 15.2. The lowest BCUT2D eigenvalue weighted by atomic mass is 10.1. The van der Waals surface area contributed by atoms with E-state index >= 15 is 0 Å². The summed E-state index contributed by atoms with van der Waals surface area (Å²) in [6, 6.07) is 43.1. The first-order valence-corrected chi connectivity index (χ1v) is 13.2. The summed E-state index contributed by atoms with van der Waals surface area (Å²) in [5.74, 6) is 1.80. The number of benzene rings is 5. The lowest BCUT2D eigenvalue weighted by molar-refractivity contribution is 0.954. The summed E-state index contributed by atoms with van der Waals surface area (Å²) in [6.45, 7) is 0. The third-order valence-electron chi connectivity index (χ3n) is 7.27. The number of para-hydroxylation sites is 2. The predicted octanol–water partition coefficient (Wildman–Crippen LogP) is 7.64. The molecule has 6 heteroatoms. The Morgan fingerprint density at radius 3 is 1.75 bits per heavy atom. The van der Waals surface area contributed by atoms with Crippen molar-refractivity contribution < 1.29 is 0 Å². The Hall–Kier alpha value is -5.62. The van der Waals surface area contributed by atoms with Gasteiger partial charge in [0.15, 0.2) is 11.6 Å². The van der Waals surface area contributed by atoms with Crippen LogP contribution in [-0.4, -0.2) is 29.1 Å². The minimum atomic E-state index is 0.556. The zero-order valence-corrected chi connectivity index (χ0v) is 21.4. The monoisotopic (exact) mass is 514 g/mol. The van der Waals surface area contributed by atoms with Crippen LogP contribution in [0.2, 0.25) is 0 Å². The highest BCUT2D eigenvalue weighted by Crippen LogP contribution is 2.36. The number of imidazole rings is 1. The summed E-state index contributed by atoms with van der Waals surface area (Å²) < 4.78 is 4.25. The fourth-order valence-electron chi connectivity index (χ4n) is 5.43. The quantitative estimate of drug-likeness (QED) is 0.242. The SMILES string of the molecule is c1ccc(-c2nc(-c3ccccc3)nc(-n3c4ccccc4c4ccc5c(ncn5-c5ccccc5)c43)n2)cc1. The molecule has 0 saturated heterocycles. The van der Waals surface area contributed by atoms with Crippen molar-refractivity contribution in [1.82, 2.24) is 29.1 Å². The maximum absolute atomic E-state index is 5.05. The molecule has 0 fully saturated rings. The average Bonchev–Trinajstić information content (AvgIpc) is 3.62. The molecule has 0 bridgehead atoms. The molecule has 0 unspecified atom stereocenters. The fourth-order valence-corrected chi connectivity index (χ4v) is 5.43. The lowest BCUT2D eigenvalue weighted by Gasteiger charge is -2.11. The molecule has 0 saturated carbocycles. The Kier molecular flexibility index (Phi) is 5.03. The Morgan fingerprint density at radius 1 is 0.475 bits per heavy atom. The van der Waals surface area contributed by atoms with E-state index in [9.17, 15) is 0 Å². The average molecular weight is 515 g/mol. The molecule has 3 aromatic heterocycles. The summed E-state index contributed by atoms with van der Waals surface area (Å²) in [7, 11) is 0. The number of rotatable bonds is 4. The smallest absolute Gasteiger partial charge is 0.238 e. The van der Waals surface area contributed by atoms with Crippen molar-refractivity contribution in [3.63, 3.8) is 0 Å². The van der Waals surface area contributed by atoms with E-state index in [4.69, 9.17) is 19.9 Å². The van der Waals surface area contributed by atoms with E-state index in [1.807, 2.05) is 85.2 Å². The molecule has 188 valence electrons. The van der Waals surface area contributed by atoms with Gasteiger partial charge in [0.25, 0.3) is 0 Å². The van der Waals surface area contributed by atoms with Crippen molar-refractivity contribution in [2.75, 3.05) is 0 Å².